The summed E-state index contributed by atoms with van der Waals surface area (Å²) in [5.41, 5.74) is 12.6. The largest absolute Gasteiger partial charge is 0.443 e. The lowest BCUT2D eigenvalue weighted by molar-refractivity contribution is 0.605. The summed E-state index contributed by atoms with van der Waals surface area (Å²) in [5, 5.41) is 4.58. The summed E-state index contributed by atoms with van der Waals surface area (Å²) in [4.78, 5) is 9.80. The molecule has 0 aliphatic rings. The van der Waals surface area contributed by atoms with Crippen LogP contribution in [0.15, 0.2) is 175 Å². The number of pyridine rings is 1. The van der Waals surface area contributed by atoms with Crippen LogP contribution in [0.1, 0.15) is 0 Å². The smallest absolute Gasteiger partial charge is 0.182 e. The van der Waals surface area contributed by atoms with Gasteiger partial charge in [-0.15, -0.1) is 0 Å². The van der Waals surface area contributed by atoms with Gasteiger partial charge < -0.3 is 4.42 Å². The van der Waals surface area contributed by atoms with Crippen molar-refractivity contribution >= 4 is 32.6 Å². The zero-order valence-corrected chi connectivity index (χ0v) is 25.5. The van der Waals surface area contributed by atoms with Gasteiger partial charge in [-0.05, 0) is 73.8 Å². The second-order valence-corrected chi connectivity index (χ2v) is 11.8. The van der Waals surface area contributed by atoms with Gasteiger partial charge in [0.05, 0.1) is 11.4 Å². The predicted octanol–water partition coefficient (Wildman–Crippen LogP) is 11.9. The Kier molecular flexibility index (Phi) is 6.46. The fraction of sp³-hybridized carbons (Fsp3) is 0. The third kappa shape index (κ3) is 4.77. The first-order chi connectivity index (χ1) is 23.3. The molecular formula is C44H28N2O. The first-order valence-electron chi connectivity index (χ1n) is 15.8. The number of fused-ring (bicyclic) bond motifs is 4. The summed E-state index contributed by atoms with van der Waals surface area (Å²) in [7, 11) is 0. The van der Waals surface area contributed by atoms with E-state index in [2.05, 4.69) is 163 Å². The van der Waals surface area contributed by atoms with E-state index in [1.807, 2.05) is 6.07 Å². The maximum absolute atomic E-state index is 5.85. The predicted molar refractivity (Wildman–Crippen MR) is 194 cm³/mol. The van der Waals surface area contributed by atoms with Gasteiger partial charge in [0.1, 0.15) is 5.52 Å². The maximum Gasteiger partial charge on any atom is 0.182 e. The first kappa shape index (κ1) is 27.0. The molecule has 0 aliphatic carbocycles. The van der Waals surface area contributed by atoms with E-state index in [1.54, 1.807) is 0 Å². The van der Waals surface area contributed by atoms with E-state index < -0.39 is 0 Å². The van der Waals surface area contributed by atoms with Crippen molar-refractivity contribution in [1.82, 2.24) is 9.97 Å². The van der Waals surface area contributed by atoms with Crippen LogP contribution in [0.2, 0.25) is 0 Å². The van der Waals surface area contributed by atoms with Gasteiger partial charge >= 0.3 is 0 Å². The molecule has 3 heteroatoms. The molecule has 3 nitrogen and oxygen atoms in total. The third-order valence-corrected chi connectivity index (χ3v) is 9.01. The highest BCUT2D eigenvalue weighted by molar-refractivity contribution is 6.16. The second kappa shape index (κ2) is 11.2. The summed E-state index contributed by atoms with van der Waals surface area (Å²) < 4.78 is 5.85. The Morgan fingerprint density at radius 1 is 0.404 bits per heavy atom. The van der Waals surface area contributed by atoms with E-state index in [9.17, 15) is 0 Å². The maximum atomic E-state index is 5.85. The molecule has 9 aromatic rings. The number of hydrogen-bond acceptors (Lipinski definition) is 3. The van der Waals surface area contributed by atoms with Gasteiger partial charge in [-0.2, -0.15) is 0 Å². The van der Waals surface area contributed by atoms with Gasteiger partial charge in [0.25, 0.3) is 0 Å². The van der Waals surface area contributed by atoms with Crippen LogP contribution in [0.4, 0.5) is 0 Å². The third-order valence-electron chi connectivity index (χ3n) is 9.01. The van der Waals surface area contributed by atoms with Crippen LogP contribution in [0.3, 0.4) is 0 Å². The van der Waals surface area contributed by atoms with Gasteiger partial charge in [-0.1, -0.05) is 140 Å². The molecule has 220 valence electrons. The van der Waals surface area contributed by atoms with Crippen molar-refractivity contribution in [3.63, 3.8) is 0 Å². The molecule has 2 aromatic heterocycles. The average Bonchev–Trinajstić information content (AvgIpc) is 3.64. The molecule has 0 aliphatic heterocycles. The van der Waals surface area contributed by atoms with Gasteiger partial charge in [0.15, 0.2) is 12.0 Å². The minimum absolute atomic E-state index is 0.812. The van der Waals surface area contributed by atoms with E-state index >= 15 is 0 Å². The molecule has 0 saturated heterocycles. The van der Waals surface area contributed by atoms with E-state index in [0.29, 0.717) is 0 Å². The van der Waals surface area contributed by atoms with Crippen molar-refractivity contribution in [3.05, 3.63) is 170 Å². The SMILES string of the molecule is c1ccc(-c2cc(-c3ccccc3)nc(-c3cccc(-c4ccc5ccccc5c4-c4cc5ncoc5c5ccccc45)c3)c2)cc1. The quantitative estimate of drug-likeness (QED) is 0.197. The highest BCUT2D eigenvalue weighted by atomic mass is 16.3. The molecule has 0 fully saturated rings. The van der Waals surface area contributed by atoms with Gasteiger partial charge in [0, 0.05) is 16.5 Å². The average molecular weight is 601 g/mol. The number of rotatable bonds is 5. The molecule has 2 heterocycles. The van der Waals surface area contributed by atoms with Gasteiger partial charge in [0.2, 0.25) is 0 Å². The van der Waals surface area contributed by atoms with Crippen LogP contribution >= 0.6 is 0 Å². The Morgan fingerprint density at radius 2 is 1.04 bits per heavy atom. The molecule has 7 aromatic carbocycles. The minimum atomic E-state index is 0.812. The lowest BCUT2D eigenvalue weighted by atomic mass is 9.86. The number of aromatic nitrogens is 2. The van der Waals surface area contributed by atoms with E-state index in [4.69, 9.17) is 9.40 Å². The highest BCUT2D eigenvalue weighted by Crippen LogP contribution is 2.44. The van der Waals surface area contributed by atoms with Crippen molar-refractivity contribution in [2.45, 2.75) is 0 Å². The molecule has 0 bridgehead atoms. The fourth-order valence-electron chi connectivity index (χ4n) is 6.78. The number of oxazole rings is 1. The molecule has 0 atom stereocenters. The normalized spacial score (nSPS) is 11.4. The monoisotopic (exact) mass is 600 g/mol. The molecule has 9 rings (SSSR count). The molecule has 0 N–H and O–H groups in total. The van der Waals surface area contributed by atoms with Crippen LogP contribution in [0.25, 0.3) is 88.5 Å². The minimum Gasteiger partial charge on any atom is -0.443 e. The molecule has 47 heavy (non-hydrogen) atoms. The lowest BCUT2D eigenvalue weighted by Crippen LogP contribution is -1.93. The molecule has 0 unspecified atom stereocenters. The van der Waals surface area contributed by atoms with Crippen LogP contribution in [-0.4, -0.2) is 9.97 Å². The molecule has 0 radical (unpaired) electrons. The summed E-state index contributed by atoms with van der Waals surface area (Å²) >= 11 is 0. The fourth-order valence-corrected chi connectivity index (χ4v) is 6.78. The van der Waals surface area contributed by atoms with Crippen molar-refractivity contribution in [2.75, 3.05) is 0 Å². The first-order valence-corrected chi connectivity index (χ1v) is 15.8. The van der Waals surface area contributed by atoms with Gasteiger partial charge in [-0.3, -0.25) is 0 Å². The second-order valence-electron chi connectivity index (χ2n) is 11.8. The zero-order valence-electron chi connectivity index (χ0n) is 25.5. The van der Waals surface area contributed by atoms with Crippen LogP contribution < -0.4 is 0 Å². The Hall–Kier alpha value is -6.32. The van der Waals surface area contributed by atoms with Crippen molar-refractivity contribution in [3.8, 4) is 55.9 Å². The van der Waals surface area contributed by atoms with E-state index in [0.717, 1.165) is 72.2 Å². The van der Waals surface area contributed by atoms with Crippen LogP contribution in [0, 0.1) is 0 Å². The standard InChI is InChI=1S/C44H28N2O/c1-3-12-29(13-4-1)34-25-40(31-15-5-2-6-16-31)46-41(26-34)33-18-11-17-32(24-33)36-23-22-30-14-7-8-19-35(30)43(36)39-27-42-44(47-28-45-42)38-21-10-9-20-37(38)39/h1-28H. The number of nitrogens with zero attached hydrogens (tertiary/aromatic N) is 2. The molecule has 0 amide bonds. The number of hydrogen-bond donors (Lipinski definition) is 0. The molecule has 0 saturated carbocycles. The summed E-state index contributed by atoms with van der Waals surface area (Å²) in [6.07, 6.45) is 1.54. The lowest BCUT2D eigenvalue weighted by Gasteiger charge is -2.17. The van der Waals surface area contributed by atoms with Crippen molar-refractivity contribution in [2.24, 2.45) is 0 Å². The molecule has 0 spiro atoms. The summed E-state index contributed by atoms with van der Waals surface area (Å²) in [6, 6.07) is 57.8. The van der Waals surface area contributed by atoms with Crippen molar-refractivity contribution in [1.29, 1.82) is 0 Å². The van der Waals surface area contributed by atoms with E-state index in [1.165, 1.54) is 22.7 Å². The van der Waals surface area contributed by atoms with Gasteiger partial charge in [-0.25, -0.2) is 9.97 Å². The van der Waals surface area contributed by atoms with Crippen LogP contribution in [-0.2, 0) is 0 Å². The number of benzene rings is 7. The molecular weight excluding hydrogens is 572 g/mol. The van der Waals surface area contributed by atoms with Crippen molar-refractivity contribution < 1.29 is 4.42 Å². The summed E-state index contributed by atoms with van der Waals surface area (Å²) in [6.45, 7) is 0. The Balaban J connectivity index is 1.28. The topological polar surface area (TPSA) is 38.9 Å². The van der Waals surface area contributed by atoms with E-state index in [-0.39, 0.29) is 0 Å². The Bertz CT molecular complexity index is 2510. The Morgan fingerprint density at radius 3 is 1.85 bits per heavy atom. The van der Waals surface area contributed by atoms with Crippen LogP contribution in [0.5, 0.6) is 0 Å². The Labute approximate surface area is 272 Å². The zero-order chi connectivity index (χ0) is 31.2. The summed E-state index contributed by atoms with van der Waals surface area (Å²) in [5.74, 6) is 0. The highest BCUT2D eigenvalue weighted by Gasteiger charge is 2.18.